The van der Waals surface area contributed by atoms with E-state index in [-0.39, 0.29) is 4.90 Å². The molecule has 8 heteroatoms. The van der Waals surface area contributed by atoms with E-state index in [1.807, 2.05) is 19.1 Å². The van der Waals surface area contributed by atoms with E-state index in [4.69, 9.17) is 4.74 Å². The fraction of sp³-hybridized carbons (Fsp3) is 0.500. The number of sulfonamides is 1. The Bertz CT molecular complexity index is 795. The molecule has 24 heavy (non-hydrogen) atoms. The summed E-state index contributed by atoms with van der Waals surface area (Å²) in [4.78, 5) is 4.47. The third-order valence-corrected chi connectivity index (χ3v) is 6.16. The maximum Gasteiger partial charge on any atom is 0.246 e. The third kappa shape index (κ3) is 3.59. The summed E-state index contributed by atoms with van der Waals surface area (Å²) in [6.07, 6.45) is 6.21. The van der Waals surface area contributed by atoms with Gasteiger partial charge in [0, 0.05) is 38.1 Å². The number of rotatable bonds is 5. The Morgan fingerprint density at radius 2 is 2.08 bits per heavy atom. The molecule has 0 amide bonds. The molecule has 0 unspecified atom stereocenters. The zero-order valence-corrected chi connectivity index (χ0v) is 14.7. The van der Waals surface area contributed by atoms with Gasteiger partial charge in [-0.15, -0.1) is 0 Å². The average Bonchev–Trinajstić information content (AvgIpc) is 3.02. The quantitative estimate of drug-likeness (QED) is 0.819. The molecule has 1 aliphatic heterocycles. The molecule has 0 radical (unpaired) electrons. The number of nitrogens with zero attached hydrogens (tertiary/aromatic N) is 4. The molecular weight excluding hydrogens is 328 g/mol. The van der Waals surface area contributed by atoms with Crippen LogP contribution in [-0.4, -0.2) is 47.2 Å². The number of hydrogen-bond acceptors (Lipinski definition) is 5. The Labute approximate surface area is 142 Å². The zero-order valence-electron chi connectivity index (χ0n) is 13.9. The lowest BCUT2D eigenvalue weighted by Crippen LogP contribution is -2.39. The van der Waals surface area contributed by atoms with Gasteiger partial charge in [-0.1, -0.05) is 6.07 Å². The number of piperidine rings is 1. The van der Waals surface area contributed by atoms with E-state index in [0.29, 0.717) is 31.5 Å². The van der Waals surface area contributed by atoms with Crippen molar-refractivity contribution in [3.05, 3.63) is 36.3 Å². The van der Waals surface area contributed by atoms with Crippen LogP contribution in [0.5, 0.6) is 5.88 Å². The van der Waals surface area contributed by atoms with Gasteiger partial charge in [-0.2, -0.15) is 9.40 Å². The van der Waals surface area contributed by atoms with E-state index < -0.39 is 10.0 Å². The minimum atomic E-state index is -3.44. The van der Waals surface area contributed by atoms with Gasteiger partial charge in [0.15, 0.2) is 0 Å². The molecule has 2 aromatic rings. The van der Waals surface area contributed by atoms with Crippen molar-refractivity contribution in [3.63, 3.8) is 0 Å². The fourth-order valence-corrected chi connectivity index (χ4v) is 4.27. The maximum absolute atomic E-state index is 12.6. The van der Waals surface area contributed by atoms with Crippen molar-refractivity contribution >= 4 is 10.0 Å². The van der Waals surface area contributed by atoms with E-state index in [1.54, 1.807) is 13.2 Å². The average molecular weight is 350 g/mol. The van der Waals surface area contributed by atoms with E-state index in [1.165, 1.54) is 21.4 Å². The molecule has 0 atom stereocenters. The number of aryl methyl sites for hydroxylation is 2. The molecule has 7 nitrogen and oxygen atoms in total. The third-order valence-electron chi connectivity index (χ3n) is 4.31. The van der Waals surface area contributed by atoms with Gasteiger partial charge in [-0.3, -0.25) is 4.68 Å². The summed E-state index contributed by atoms with van der Waals surface area (Å²) in [6.45, 7) is 3.54. The molecule has 3 heterocycles. The van der Waals surface area contributed by atoms with E-state index in [2.05, 4.69) is 10.1 Å². The van der Waals surface area contributed by atoms with E-state index in [9.17, 15) is 8.42 Å². The smallest absolute Gasteiger partial charge is 0.246 e. The van der Waals surface area contributed by atoms with Crippen LogP contribution < -0.4 is 4.74 Å². The van der Waals surface area contributed by atoms with Gasteiger partial charge in [0.05, 0.1) is 12.8 Å². The van der Waals surface area contributed by atoms with Gasteiger partial charge < -0.3 is 4.74 Å². The zero-order chi connectivity index (χ0) is 17.2. The number of pyridine rings is 1. The van der Waals surface area contributed by atoms with Crippen LogP contribution >= 0.6 is 0 Å². The van der Waals surface area contributed by atoms with Crippen molar-refractivity contribution < 1.29 is 13.2 Å². The molecule has 2 aromatic heterocycles. The summed E-state index contributed by atoms with van der Waals surface area (Å²) in [5.74, 6) is 0.995. The molecule has 0 bridgehead atoms. The predicted molar refractivity (Wildman–Crippen MR) is 89.2 cm³/mol. The Kier molecular flexibility index (Phi) is 4.86. The summed E-state index contributed by atoms with van der Waals surface area (Å²) < 4.78 is 34.0. The van der Waals surface area contributed by atoms with Crippen molar-refractivity contribution in [3.8, 4) is 5.88 Å². The molecule has 3 rings (SSSR count). The van der Waals surface area contributed by atoms with Crippen LogP contribution in [0.2, 0.25) is 0 Å². The molecule has 0 saturated carbocycles. The SMILES string of the molecule is Cc1cccnc1OCC1CCN(S(=O)(=O)c2cnn(C)c2)CC1. The number of aromatic nitrogens is 3. The van der Waals surface area contributed by atoms with Gasteiger partial charge >= 0.3 is 0 Å². The highest BCUT2D eigenvalue weighted by Crippen LogP contribution is 2.24. The first-order chi connectivity index (χ1) is 11.5. The van der Waals surface area contributed by atoms with Crippen molar-refractivity contribution in [1.82, 2.24) is 19.1 Å². The Morgan fingerprint density at radius 1 is 1.33 bits per heavy atom. The maximum atomic E-state index is 12.6. The standard InChI is InChI=1S/C16H22N4O3S/c1-13-4-3-7-17-16(13)23-12-14-5-8-20(9-6-14)24(21,22)15-10-18-19(2)11-15/h3-4,7,10-11,14H,5-6,8-9,12H2,1-2H3. The predicted octanol–water partition coefficient (Wildman–Crippen LogP) is 1.60. The molecule has 1 fully saturated rings. The topological polar surface area (TPSA) is 77.3 Å². The number of hydrogen-bond donors (Lipinski definition) is 0. The molecule has 130 valence electrons. The largest absolute Gasteiger partial charge is 0.477 e. The lowest BCUT2D eigenvalue weighted by atomic mass is 9.99. The van der Waals surface area contributed by atoms with Crippen LogP contribution in [0.25, 0.3) is 0 Å². The van der Waals surface area contributed by atoms with Crippen LogP contribution in [0.4, 0.5) is 0 Å². The summed E-state index contributed by atoms with van der Waals surface area (Å²) >= 11 is 0. The summed E-state index contributed by atoms with van der Waals surface area (Å²) in [5.41, 5.74) is 1.01. The van der Waals surface area contributed by atoms with Crippen molar-refractivity contribution in [2.24, 2.45) is 13.0 Å². The summed E-state index contributed by atoms with van der Waals surface area (Å²) in [7, 11) is -1.73. The Hall–Kier alpha value is -1.93. The molecule has 0 aromatic carbocycles. The molecule has 0 N–H and O–H groups in total. The highest BCUT2D eigenvalue weighted by atomic mass is 32.2. The number of ether oxygens (including phenoxy) is 1. The van der Waals surface area contributed by atoms with Gasteiger partial charge in [0.1, 0.15) is 4.90 Å². The van der Waals surface area contributed by atoms with Crippen LogP contribution in [-0.2, 0) is 17.1 Å². The lowest BCUT2D eigenvalue weighted by Gasteiger charge is -2.30. The molecule has 0 aliphatic carbocycles. The van der Waals surface area contributed by atoms with Crippen molar-refractivity contribution in [1.29, 1.82) is 0 Å². The molecule has 1 saturated heterocycles. The van der Waals surface area contributed by atoms with Gasteiger partial charge in [0.25, 0.3) is 0 Å². The van der Waals surface area contributed by atoms with Gasteiger partial charge in [-0.25, -0.2) is 13.4 Å². The molecule has 1 aliphatic rings. The van der Waals surface area contributed by atoms with Crippen molar-refractivity contribution in [2.45, 2.75) is 24.7 Å². The highest BCUT2D eigenvalue weighted by Gasteiger charge is 2.30. The van der Waals surface area contributed by atoms with Crippen LogP contribution in [0.1, 0.15) is 18.4 Å². The first kappa shape index (κ1) is 16.9. The van der Waals surface area contributed by atoms with E-state index >= 15 is 0 Å². The Morgan fingerprint density at radius 3 is 2.71 bits per heavy atom. The highest BCUT2D eigenvalue weighted by molar-refractivity contribution is 7.89. The second kappa shape index (κ2) is 6.90. The first-order valence-electron chi connectivity index (χ1n) is 8.00. The second-order valence-corrected chi connectivity index (χ2v) is 8.07. The molecular formula is C16H22N4O3S. The molecule has 0 spiro atoms. The minimum absolute atomic E-state index is 0.254. The monoisotopic (exact) mass is 350 g/mol. The van der Waals surface area contributed by atoms with Crippen LogP contribution in [0.3, 0.4) is 0 Å². The summed E-state index contributed by atoms with van der Waals surface area (Å²) in [5, 5.41) is 3.95. The first-order valence-corrected chi connectivity index (χ1v) is 9.44. The summed E-state index contributed by atoms with van der Waals surface area (Å²) in [6, 6.07) is 3.84. The normalized spacial score (nSPS) is 17.1. The lowest BCUT2D eigenvalue weighted by molar-refractivity contribution is 0.180. The minimum Gasteiger partial charge on any atom is -0.477 e. The van der Waals surface area contributed by atoms with Gasteiger partial charge in [0.2, 0.25) is 15.9 Å². The van der Waals surface area contributed by atoms with Gasteiger partial charge in [-0.05, 0) is 31.7 Å². The fourth-order valence-electron chi connectivity index (χ4n) is 2.82. The van der Waals surface area contributed by atoms with Crippen molar-refractivity contribution in [2.75, 3.05) is 19.7 Å². The van der Waals surface area contributed by atoms with Crippen LogP contribution in [0.15, 0.2) is 35.6 Å². The Balaban J connectivity index is 1.55. The van der Waals surface area contributed by atoms with E-state index in [0.717, 1.165) is 18.4 Å². The second-order valence-electron chi connectivity index (χ2n) is 6.13. The van der Waals surface area contributed by atoms with Crippen LogP contribution in [0, 0.1) is 12.8 Å².